The van der Waals surface area contributed by atoms with Crippen LogP contribution >= 0.6 is 0 Å². The highest BCUT2D eigenvalue weighted by molar-refractivity contribution is 5.68. The van der Waals surface area contributed by atoms with Crippen LogP contribution in [-0.2, 0) is 4.79 Å². The molecule has 72 valence electrons. The summed E-state index contributed by atoms with van der Waals surface area (Å²) in [7, 11) is 0. The van der Waals surface area contributed by atoms with Crippen molar-refractivity contribution in [1.29, 1.82) is 0 Å². The standard InChI is InChI=1S/C10H15NO2/c1-7(2)9(5-10(12)13)8-3-4-11-6-8/h3-4,6-7,9,11H,5H2,1-2H3,(H,12,13). The maximum Gasteiger partial charge on any atom is 0.303 e. The number of hydrogen-bond acceptors (Lipinski definition) is 1. The van der Waals surface area contributed by atoms with Gasteiger partial charge in [0, 0.05) is 12.4 Å². The van der Waals surface area contributed by atoms with Gasteiger partial charge in [0.1, 0.15) is 0 Å². The molecule has 0 spiro atoms. The molecule has 3 nitrogen and oxygen atoms in total. The molecule has 1 unspecified atom stereocenters. The molecule has 0 aliphatic heterocycles. The summed E-state index contributed by atoms with van der Waals surface area (Å²) >= 11 is 0. The van der Waals surface area contributed by atoms with E-state index in [1.165, 1.54) is 0 Å². The predicted octanol–water partition coefficient (Wildman–Crippen LogP) is 2.23. The first-order valence-electron chi connectivity index (χ1n) is 4.45. The van der Waals surface area contributed by atoms with Crippen molar-refractivity contribution in [3.63, 3.8) is 0 Å². The maximum atomic E-state index is 10.6. The van der Waals surface area contributed by atoms with Gasteiger partial charge in [0.2, 0.25) is 0 Å². The summed E-state index contributed by atoms with van der Waals surface area (Å²) in [5.41, 5.74) is 1.08. The van der Waals surface area contributed by atoms with Crippen molar-refractivity contribution in [2.24, 2.45) is 5.92 Å². The van der Waals surface area contributed by atoms with E-state index >= 15 is 0 Å². The molecule has 1 aromatic heterocycles. The summed E-state index contributed by atoms with van der Waals surface area (Å²) in [4.78, 5) is 13.5. The van der Waals surface area contributed by atoms with Crippen LogP contribution in [0.2, 0.25) is 0 Å². The van der Waals surface area contributed by atoms with Crippen LogP contribution in [0.3, 0.4) is 0 Å². The minimum Gasteiger partial charge on any atom is -0.481 e. The molecule has 0 saturated carbocycles. The van der Waals surface area contributed by atoms with E-state index in [4.69, 9.17) is 5.11 Å². The van der Waals surface area contributed by atoms with Crippen LogP contribution in [0.1, 0.15) is 31.7 Å². The Bertz CT molecular complexity index is 264. The Morgan fingerprint density at radius 2 is 2.31 bits per heavy atom. The van der Waals surface area contributed by atoms with Crippen molar-refractivity contribution in [1.82, 2.24) is 4.98 Å². The fraction of sp³-hybridized carbons (Fsp3) is 0.500. The second-order valence-electron chi connectivity index (χ2n) is 3.59. The zero-order valence-corrected chi connectivity index (χ0v) is 7.95. The van der Waals surface area contributed by atoms with Crippen LogP contribution in [0.25, 0.3) is 0 Å². The summed E-state index contributed by atoms with van der Waals surface area (Å²) in [6, 6.07) is 1.94. The minimum atomic E-state index is -0.736. The van der Waals surface area contributed by atoms with E-state index in [0.717, 1.165) is 5.56 Å². The number of carboxylic acids is 1. The smallest absolute Gasteiger partial charge is 0.303 e. The Morgan fingerprint density at radius 3 is 2.69 bits per heavy atom. The molecular weight excluding hydrogens is 166 g/mol. The lowest BCUT2D eigenvalue weighted by Crippen LogP contribution is -2.11. The summed E-state index contributed by atoms with van der Waals surface area (Å²) in [5.74, 6) is -0.268. The monoisotopic (exact) mass is 181 g/mol. The van der Waals surface area contributed by atoms with Gasteiger partial charge in [-0.1, -0.05) is 13.8 Å². The molecule has 2 N–H and O–H groups in total. The Labute approximate surface area is 77.8 Å². The van der Waals surface area contributed by atoms with Crippen LogP contribution in [0.5, 0.6) is 0 Å². The maximum absolute atomic E-state index is 10.6. The fourth-order valence-corrected chi connectivity index (χ4v) is 1.49. The SMILES string of the molecule is CC(C)C(CC(=O)O)c1cc[nH]c1. The van der Waals surface area contributed by atoms with Gasteiger partial charge in [-0.2, -0.15) is 0 Å². The number of aromatic nitrogens is 1. The Balaban J connectivity index is 2.74. The number of aliphatic carboxylic acids is 1. The number of hydrogen-bond donors (Lipinski definition) is 2. The Kier molecular flexibility index (Phi) is 3.12. The van der Waals surface area contributed by atoms with Crippen molar-refractivity contribution in [2.75, 3.05) is 0 Å². The van der Waals surface area contributed by atoms with Crippen LogP contribution in [0.4, 0.5) is 0 Å². The Hall–Kier alpha value is -1.25. The molecule has 0 aliphatic rings. The third-order valence-electron chi connectivity index (χ3n) is 2.25. The molecule has 0 saturated heterocycles. The third kappa shape index (κ3) is 2.61. The van der Waals surface area contributed by atoms with Gasteiger partial charge < -0.3 is 10.1 Å². The number of nitrogens with one attached hydrogen (secondary N) is 1. The van der Waals surface area contributed by atoms with Crippen LogP contribution in [-0.4, -0.2) is 16.1 Å². The lowest BCUT2D eigenvalue weighted by Gasteiger charge is -2.17. The molecule has 1 heterocycles. The Morgan fingerprint density at radius 1 is 1.62 bits per heavy atom. The zero-order chi connectivity index (χ0) is 9.84. The van der Waals surface area contributed by atoms with Crippen molar-refractivity contribution >= 4 is 5.97 Å². The number of carboxylic acid groups (broad SMARTS) is 1. The highest BCUT2D eigenvalue weighted by Crippen LogP contribution is 2.27. The molecule has 0 aromatic carbocycles. The van der Waals surface area contributed by atoms with E-state index < -0.39 is 5.97 Å². The van der Waals surface area contributed by atoms with Crippen molar-refractivity contribution in [3.05, 3.63) is 24.0 Å². The summed E-state index contributed by atoms with van der Waals surface area (Å²) in [5, 5.41) is 8.72. The van der Waals surface area contributed by atoms with Crippen molar-refractivity contribution < 1.29 is 9.90 Å². The average molecular weight is 181 g/mol. The van der Waals surface area contributed by atoms with Gasteiger partial charge in [0.25, 0.3) is 0 Å². The number of rotatable bonds is 4. The molecule has 0 aliphatic carbocycles. The summed E-state index contributed by atoms with van der Waals surface area (Å²) in [6.07, 6.45) is 3.90. The van der Waals surface area contributed by atoms with Crippen LogP contribution < -0.4 is 0 Å². The predicted molar refractivity (Wildman–Crippen MR) is 50.6 cm³/mol. The average Bonchev–Trinajstić information content (AvgIpc) is 2.50. The van der Waals surface area contributed by atoms with Crippen molar-refractivity contribution in [2.45, 2.75) is 26.2 Å². The molecular formula is C10H15NO2. The first-order valence-corrected chi connectivity index (χ1v) is 4.45. The van der Waals surface area contributed by atoms with Gasteiger partial charge in [-0.05, 0) is 23.5 Å². The molecule has 1 aromatic rings. The molecule has 3 heteroatoms. The molecule has 0 amide bonds. The summed E-state index contributed by atoms with van der Waals surface area (Å²) in [6.45, 7) is 4.08. The van der Waals surface area contributed by atoms with Gasteiger partial charge in [-0.15, -0.1) is 0 Å². The van der Waals surface area contributed by atoms with E-state index in [9.17, 15) is 4.79 Å². The van der Waals surface area contributed by atoms with Gasteiger partial charge in [0.05, 0.1) is 6.42 Å². The van der Waals surface area contributed by atoms with Gasteiger partial charge >= 0.3 is 5.97 Å². The largest absolute Gasteiger partial charge is 0.481 e. The van der Waals surface area contributed by atoms with Gasteiger partial charge in [-0.3, -0.25) is 4.79 Å². The molecule has 0 fully saturated rings. The topological polar surface area (TPSA) is 53.1 Å². The molecule has 0 radical (unpaired) electrons. The normalized spacial score (nSPS) is 13.2. The van der Waals surface area contributed by atoms with Gasteiger partial charge in [0.15, 0.2) is 0 Å². The number of aromatic amines is 1. The van der Waals surface area contributed by atoms with Gasteiger partial charge in [-0.25, -0.2) is 0 Å². The third-order valence-corrected chi connectivity index (χ3v) is 2.25. The fourth-order valence-electron chi connectivity index (χ4n) is 1.49. The quantitative estimate of drug-likeness (QED) is 0.748. The second-order valence-corrected chi connectivity index (χ2v) is 3.59. The first kappa shape index (κ1) is 9.84. The lowest BCUT2D eigenvalue weighted by atomic mass is 9.87. The molecule has 0 bridgehead atoms. The highest BCUT2D eigenvalue weighted by Gasteiger charge is 2.19. The van der Waals surface area contributed by atoms with E-state index in [1.807, 2.05) is 32.3 Å². The highest BCUT2D eigenvalue weighted by atomic mass is 16.4. The molecule has 13 heavy (non-hydrogen) atoms. The van der Waals surface area contributed by atoms with E-state index in [2.05, 4.69) is 4.98 Å². The van der Waals surface area contributed by atoms with E-state index in [-0.39, 0.29) is 12.3 Å². The number of carbonyl (C=O) groups is 1. The lowest BCUT2D eigenvalue weighted by molar-refractivity contribution is -0.137. The second kappa shape index (κ2) is 4.12. The molecule has 1 rings (SSSR count). The zero-order valence-electron chi connectivity index (χ0n) is 7.95. The minimum absolute atomic E-state index is 0.115. The van der Waals surface area contributed by atoms with Crippen LogP contribution in [0, 0.1) is 5.92 Å². The number of H-pyrrole nitrogens is 1. The first-order chi connectivity index (χ1) is 6.11. The van der Waals surface area contributed by atoms with E-state index in [1.54, 1.807) is 0 Å². The summed E-state index contributed by atoms with van der Waals surface area (Å²) < 4.78 is 0. The molecule has 1 atom stereocenters. The van der Waals surface area contributed by atoms with E-state index in [0.29, 0.717) is 5.92 Å². The van der Waals surface area contributed by atoms with Crippen molar-refractivity contribution in [3.8, 4) is 0 Å². The van der Waals surface area contributed by atoms with Crippen LogP contribution in [0.15, 0.2) is 18.5 Å².